The van der Waals surface area contributed by atoms with Crippen LogP contribution in [0.15, 0.2) is 168 Å². The maximum atomic E-state index is 15.5. The van der Waals surface area contributed by atoms with Crippen LogP contribution in [0.3, 0.4) is 0 Å². The van der Waals surface area contributed by atoms with Crippen LogP contribution >= 0.6 is 0 Å². The zero-order valence-electron chi connectivity index (χ0n) is 29.7. The number of hydrogen-bond acceptors (Lipinski definition) is 1. The van der Waals surface area contributed by atoms with Crippen molar-refractivity contribution in [3.8, 4) is 44.5 Å². The Hall–Kier alpha value is -6.84. The van der Waals surface area contributed by atoms with Crippen LogP contribution in [0.5, 0.6) is 0 Å². The van der Waals surface area contributed by atoms with E-state index in [4.69, 9.17) is 4.42 Å². The summed E-state index contributed by atoms with van der Waals surface area (Å²) in [4.78, 5) is 0. The molecular formula is C52H32F2O. The van der Waals surface area contributed by atoms with Crippen molar-refractivity contribution in [2.75, 3.05) is 0 Å². The Morgan fingerprint density at radius 1 is 0.418 bits per heavy atom. The molecule has 0 saturated heterocycles. The van der Waals surface area contributed by atoms with Crippen molar-refractivity contribution in [2.45, 2.75) is 12.8 Å². The van der Waals surface area contributed by atoms with E-state index in [0.29, 0.717) is 5.56 Å². The van der Waals surface area contributed by atoms with Gasteiger partial charge in [-0.15, -0.1) is 0 Å². The molecule has 1 heterocycles. The number of furan rings is 1. The summed E-state index contributed by atoms with van der Waals surface area (Å²) in [6.45, 7) is 0. The number of hydrogen-bond donors (Lipinski definition) is 0. The van der Waals surface area contributed by atoms with E-state index in [1.807, 2.05) is 48.5 Å². The summed E-state index contributed by atoms with van der Waals surface area (Å²) in [6, 6.07) is 52.3. The Morgan fingerprint density at radius 2 is 0.982 bits per heavy atom. The van der Waals surface area contributed by atoms with Gasteiger partial charge in [0.25, 0.3) is 0 Å². The van der Waals surface area contributed by atoms with Crippen LogP contribution in [0.2, 0.25) is 0 Å². The first-order chi connectivity index (χ1) is 27.2. The molecule has 0 aliphatic heterocycles. The van der Waals surface area contributed by atoms with E-state index >= 15 is 8.78 Å². The molecule has 0 radical (unpaired) electrons. The Kier molecular flexibility index (Phi) is 7.12. The zero-order chi connectivity index (χ0) is 36.6. The topological polar surface area (TPSA) is 13.1 Å². The Labute approximate surface area is 316 Å². The molecule has 3 heteroatoms. The van der Waals surface area contributed by atoms with Crippen molar-refractivity contribution in [2.24, 2.45) is 0 Å². The summed E-state index contributed by atoms with van der Waals surface area (Å²) in [5.41, 5.74) is 11.6. The van der Waals surface area contributed by atoms with Crippen LogP contribution in [-0.2, 0) is 6.42 Å². The van der Waals surface area contributed by atoms with Crippen molar-refractivity contribution in [3.63, 3.8) is 0 Å². The van der Waals surface area contributed by atoms with Crippen LogP contribution in [-0.4, -0.2) is 0 Å². The van der Waals surface area contributed by atoms with Crippen LogP contribution in [0.1, 0.15) is 17.5 Å². The smallest absolute Gasteiger partial charge is 0.143 e. The molecule has 0 saturated carbocycles. The lowest BCUT2D eigenvalue weighted by Gasteiger charge is -2.23. The van der Waals surface area contributed by atoms with Crippen LogP contribution in [0, 0.1) is 11.6 Å². The number of fused-ring (bicyclic) bond motifs is 7. The fourth-order valence-corrected chi connectivity index (χ4v) is 9.21. The molecule has 0 fully saturated rings. The van der Waals surface area contributed by atoms with E-state index in [1.165, 1.54) is 56.8 Å². The van der Waals surface area contributed by atoms with Gasteiger partial charge in [-0.3, -0.25) is 0 Å². The predicted octanol–water partition coefficient (Wildman–Crippen LogP) is 15.0. The van der Waals surface area contributed by atoms with Gasteiger partial charge in [0.05, 0.1) is 5.56 Å². The molecule has 55 heavy (non-hydrogen) atoms. The van der Waals surface area contributed by atoms with Gasteiger partial charge in [-0.1, -0.05) is 146 Å². The third-order valence-corrected chi connectivity index (χ3v) is 11.5. The third-order valence-electron chi connectivity index (χ3n) is 11.5. The molecule has 0 spiro atoms. The summed E-state index contributed by atoms with van der Waals surface area (Å²) in [5.74, 6) is -1.16. The summed E-state index contributed by atoms with van der Waals surface area (Å²) >= 11 is 0. The number of halogens is 2. The van der Waals surface area contributed by atoms with Gasteiger partial charge in [-0.2, -0.15) is 0 Å². The van der Waals surface area contributed by atoms with Gasteiger partial charge in [0, 0.05) is 27.5 Å². The highest BCUT2D eigenvalue weighted by Crippen LogP contribution is 2.49. The highest BCUT2D eigenvalue weighted by atomic mass is 19.1. The first kappa shape index (κ1) is 31.7. The molecule has 0 bridgehead atoms. The van der Waals surface area contributed by atoms with Crippen molar-refractivity contribution < 1.29 is 13.2 Å². The second kappa shape index (κ2) is 12.4. The molecule has 1 aliphatic rings. The van der Waals surface area contributed by atoms with Gasteiger partial charge in [0.15, 0.2) is 0 Å². The van der Waals surface area contributed by atoms with E-state index in [0.717, 1.165) is 73.0 Å². The second-order valence-corrected chi connectivity index (χ2v) is 14.4. The lowest BCUT2D eigenvalue weighted by atomic mass is 9.80. The second-order valence-electron chi connectivity index (χ2n) is 14.4. The first-order valence-corrected chi connectivity index (χ1v) is 18.8. The normalized spacial score (nSPS) is 12.7. The number of para-hydroxylation sites is 1. The molecule has 1 aliphatic carbocycles. The Morgan fingerprint density at radius 3 is 1.65 bits per heavy atom. The zero-order valence-corrected chi connectivity index (χ0v) is 29.7. The highest BCUT2D eigenvalue weighted by Gasteiger charge is 2.25. The molecule has 9 aromatic carbocycles. The monoisotopic (exact) mass is 710 g/mol. The lowest BCUT2D eigenvalue weighted by molar-refractivity contribution is 0.590. The highest BCUT2D eigenvalue weighted by molar-refractivity contribution is 6.22. The van der Waals surface area contributed by atoms with Crippen LogP contribution in [0.25, 0.3) is 105 Å². The minimum Gasteiger partial charge on any atom is -0.455 e. The maximum absolute atomic E-state index is 15.5. The van der Waals surface area contributed by atoms with Gasteiger partial charge in [-0.05, 0) is 103 Å². The van der Waals surface area contributed by atoms with Crippen molar-refractivity contribution in [1.82, 2.24) is 0 Å². The van der Waals surface area contributed by atoms with E-state index in [2.05, 4.69) is 103 Å². The Bertz CT molecular complexity index is 3150. The average Bonchev–Trinajstić information content (AvgIpc) is 3.61. The third kappa shape index (κ3) is 4.76. The quantitative estimate of drug-likeness (QED) is 0.166. The van der Waals surface area contributed by atoms with Gasteiger partial charge < -0.3 is 4.42 Å². The molecule has 10 aromatic rings. The molecule has 1 nitrogen and oxygen atoms in total. The van der Waals surface area contributed by atoms with Gasteiger partial charge in [0.2, 0.25) is 0 Å². The number of allylic oxidation sites excluding steroid dienone is 1. The molecule has 260 valence electrons. The molecule has 0 atom stereocenters. The predicted molar refractivity (Wildman–Crippen MR) is 225 cm³/mol. The molecule has 11 rings (SSSR count). The van der Waals surface area contributed by atoms with E-state index in [1.54, 1.807) is 0 Å². The van der Waals surface area contributed by atoms with Crippen molar-refractivity contribution >= 4 is 60.3 Å². The molecule has 1 aromatic heterocycles. The van der Waals surface area contributed by atoms with Crippen LogP contribution in [0.4, 0.5) is 8.78 Å². The number of benzene rings is 9. The molecule has 0 unspecified atom stereocenters. The fraction of sp³-hybridized carbons (Fsp3) is 0.0385. The minimum atomic E-state index is -0.582. The van der Waals surface area contributed by atoms with Gasteiger partial charge in [0.1, 0.15) is 22.8 Å². The number of rotatable bonds is 4. The average molecular weight is 711 g/mol. The van der Waals surface area contributed by atoms with Crippen molar-refractivity contribution in [3.05, 3.63) is 187 Å². The fourth-order valence-electron chi connectivity index (χ4n) is 9.21. The van der Waals surface area contributed by atoms with Crippen molar-refractivity contribution in [1.29, 1.82) is 0 Å². The largest absolute Gasteiger partial charge is 0.455 e. The summed E-state index contributed by atoms with van der Waals surface area (Å²) < 4.78 is 37.9. The standard InChI is InChI=1S/C52H32F2O/c53-44-26-13-27-45(54)51(44)50-40-22-10-6-18-36(40)48(37-19-7-11-23-41(37)50)32-28-29-33-42-24-12-25-43(52(42)55-46(33)30-32)49-38-20-8-4-16-34(38)47(31-14-2-1-3-15-31)35-17-5-9-21-39(35)49/h1-4,6-16,18-30H,5,17H2. The van der Waals surface area contributed by atoms with E-state index < -0.39 is 11.6 Å². The summed E-state index contributed by atoms with van der Waals surface area (Å²) in [7, 11) is 0. The molecule has 0 amide bonds. The molecule has 0 N–H and O–H groups in total. The van der Waals surface area contributed by atoms with Crippen LogP contribution < -0.4 is 0 Å². The van der Waals surface area contributed by atoms with E-state index in [9.17, 15) is 0 Å². The minimum absolute atomic E-state index is 0.0110. The summed E-state index contributed by atoms with van der Waals surface area (Å²) in [5, 5.41) is 7.94. The lowest BCUT2D eigenvalue weighted by Crippen LogP contribution is -2.02. The summed E-state index contributed by atoms with van der Waals surface area (Å²) in [6.07, 6.45) is 6.57. The maximum Gasteiger partial charge on any atom is 0.143 e. The molecular weight excluding hydrogens is 679 g/mol. The first-order valence-electron chi connectivity index (χ1n) is 18.8. The SMILES string of the molecule is Fc1cccc(F)c1-c1c2ccccc2c(-c2ccc3c(c2)oc2c(-c4c5c(c(-c6ccccc6)c6ccccc46)CCC=C5)cccc23)c2ccccc12. The Balaban J connectivity index is 1.17. The van der Waals surface area contributed by atoms with Gasteiger partial charge in [-0.25, -0.2) is 8.78 Å². The van der Waals surface area contributed by atoms with E-state index in [-0.39, 0.29) is 5.56 Å². The van der Waals surface area contributed by atoms with Gasteiger partial charge >= 0.3 is 0 Å².